The molecular weight excluding hydrogens is 326 g/mol. The van der Waals surface area contributed by atoms with Crippen molar-refractivity contribution in [3.8, 4) is 0 Å². The molecule has 0 bridgehead atoms. The Bertz CT molecular complexity index is 717. The summed E-state index contributed by atoms with van der Waals surface area (Å²) in [6.07, 6.45) is 3.33. The fourth-order valence-corrected chi connectivity index (χ4v) is 2.34. The van der Waals surface area contributed by atoms with Gasteiger partial charge < -0.3 is 10.6 Å². The van der Waals surface area contributed by atoms with Crippen molar-refractivity contribution in [2.45, 2.75) is 25.8 Å². The summed E-state index contributed by atoms with van der Waals surface area (Å²) in [4.78, 5) is 28.2. The lowest BCUT2D eigenvalue weighted by Gasteiger charge is -2.24. The molecule has 2 amide bonds. The topological polar surface area (TPSA) is 71.1 Å². The van der Waals surface area contributed by atoms with Crippen molar-refractivity contribution in [3.63, 3.8) is 0 Å². The standard InChI is InChI=1S/C18H20ClN3O2/c1-18(2,14-4-3-5-15(19)10-14)17(24)22-12-16(23)21-11-13-6-8-20-9-7-13/h3-10H,11-12H2,1-2H3,(H,21,23)(H,22,24). The largest absolute Gasteiger partial charge is 0.350 e. The van der Waals surface area contributed by atoms with Crippen LogP contribution in [0.2, 0.25) is 5.02 Å². The highest BCUT2D eigenvalue weighted by Crippen LogP contribution is 2.25. The van der Waals surface area contributed by atoms with Gasteiger partial charge in [-0.05, 0) is 49.2 Å². The van der Waals surface area contributed by atoms with Crippen LogP contribution < -0.4 is 10.6 Å². The van der Waals surface area contributed by atoms with Gasteiger partial charge in [-0.25, -0.2) is 0 Å². The first-order valence-electron chi connectivity index (χ1n) is 7.59. The van der Waals surface area contributed by atoms with Crippen LogP contribution >= 0.6 is 11.6 Å². The second-order valence-corrected chi connectivity index (χ2v) is 6.39. The highest BCUT2D eigenvalue weighted by Gasteiger charge is 2.30. The molecule has 0 saturated carbocycles. The molecule has 1 aromatic heterocycles. The van der Waals surface area contributed by atoms with Gasteiger partial charge in [0.25, 0.3) is 0 Å². The number of halogens is 1. The van der Waals surface area contributed by atoms with Gasteiger partial charge in [0.1, 0.15) is 0 Å². The molecular formula is C18H20ClN3O2. The van der Waals surface area contributed by atoms with Crippen LogP contribution in [0.4, 0.5) is 0 Å². The SMILES string of the molecule is CC(C)(C(=O)NCC(=O)NCc1ccncc1)c1cccc(Cl)c1. The molecule has 0 atom stereocenters. The maximum atomic E-state index is 12.4. The van der Waals surface area contributed by atoms with Gasteiger partial charge in [-0.2, -0.15) is 0 Å². The van der Waals surface area contributed by atoms with Crippen molar-refractivity contribution in [1.82, 2.24) is 15.6 Å². The summed E-state index contributed by atoms with van der Waals surface area (Å²) in [5.41, 5.74) is 0.963. The lowest BCUT2D eigenvalue weighted by atomic mass is 9.84. The summed E-state index contributed by atoms with van der Waals surface area (Å²) in [5.74, 6) is -0.481. The highest BCUT2D eigenvalue weighted by atomic mass is 35.5. The molecule has 2 aromatic rings. The molecule has 126 valence electrons. The number of aromatic nitrogens is 1. The Hall–Kier alpha value is -2.40. The van der Waals surface area contributed by atoms with Crippen LogP contribution in [-0.4, -0.2) is 23.3 Å². The molecule has 2 N–H and O–H groups in total. The summed E-state index contributed by atoms with van der Waals surface area (Å²) in [7, 11) is 0. The summed E-state index contributed by atoms with van der Waals surface area (Å²) in [6.45, 7) is 3.91. The second kappa shape index (κ2) is 7.93. The van der Waals surface area contributed by atoms with Crippen LogP contribution in [0.1, 0.15) is 25.0 Å². The second-order valence-electron chi connectivity index (χ2n) is 5.95. The molecule has 6 heteroatoms. The van der Waals surface area contributed by atoms with Crippen molar-refractivity contribution in [1.29, 1.82) is 0 Å². The maximum absolute atomic E-state index is 12.4. The van der Waals surface area contributed by atoms with E-state index in [-0.39, 0.29) is 18.4 Å². The smallest absolute Gasteiger partial charge is 0.239 e. The number of rotatable bonds is 6. The average molecular weight is 346 g/mol. The zero-order valence-corrected chi connectivity index (χ0v) is 14.4. The average Bonchev–Trinajstić information content (AvgIpc) is 2.58. The predicted molar refractivity (Wildman–Crippen MR) is 93.6 cm³/mol. The van der Waals surface area contributed by atoms with E-state index in [0.29, 0.717) is 11.6 Å². The minimum Gasteiger partial charge on any atom is -0.350 e. The van der Waals surface area contributed by atoms with Gasteiger partial charge >= 0.3 is 0 Å². The van der Waals surface area contributed by atoms with E-state index in [4.69, 9.17) is 11.6 Å². The first-order chi connectivity index (χ1) is 11.4. The number of carbonyl (C=O) groups is 2. The minimum absolute atomic E-state index is 0.0755. The minimum atomic E-state index is -0.781. The van der Waals surface area contributed by atoms with Crippen molar-refractivity contribution >= 4 is 23.4 Å². The first kappa shape index (κ1) is 17.9. The quantitative estimate of drug-likeness (QED) is 0.844. The van der Waals surface area contributed by atoms with Crippen LogP contribution in [0.15, 0.2) is 48.8 Å². The number of nitrogens with zero attached hydrogens (tertiary/aromatic N) is 1. The Morgan fingerprint density at radius 3 is 2.50 bits per heavy atom. The van der Waals surface area contributed by atoms with Crippen molar-refractivity contribution in [2.24, 2.45) is 0 Å². The van der Waals surface area contributed by atoms with Gasteiger partial charge in [-0.1, -0.05) is 23.7 Å². The van der Waals surface area contributed by atoms with E-state index in [2.05, 4.69) is 15.6 Å². The molecule has 1 aromatic carbocycles. The number of nitrogens with one attached hydrogen (secondary N) is 2. The molecule has 5 nitrogen and oxygen atoms in total. The number of pyridine rings is 1. The lowest BCUT2D eigenvalue weighted by molar-refractivity contribution is -0.129. The number of amides is 2. The molecule has 1 heterocycles. The van der Waals surface area contributed by atoms with Gasteiger partial charge in [-0.15, -0.1) is 0 Å². The molecule has 0 saturated heterocycles. The van der Waals surface area contributed by atoms with Gasteiger partial charge in [0, 0.05) is 24.0 Å². The Balaban J connectivity index is 1.86. The molecule has 2 rings (SSSR count). The first-order valence-corrected chi connectivity index (χ1v) is 7.97. The summed E-state index contributed by atoms with van der Waals surface area (Å²) >= 11 is 5.98. The van der Waals surface area contributed by atoms with Gasteiger partial charge in [0.15, 0.2) is 0 Å². The third kappa shape index (κ3) is 4.80. The third-order valence-corrected chi connectivity index (χ3v) is 4.00. The van der Waals surface area contributed by atoms with Crippen LogP contribution in [0.3, 0.4) is 0 Å². The normalized spacial score (nSPS) is 11.0. The Labute approximate surface area is 146 Å². The number of carbonyl (C=O) groups excluding carboxylic acids is 2. The van der Waals surface area contributed by atoms with Crippen LogP contribution in [0.25, 0.3) is 0 Å². The van der Waals surface area contributed by atoms with Gasteiger partial charge in [-0.3, -0.25) is 14.6 Å². The molecule has 0 radical (unpaired) electrons. The van der Waals surface area contributed by atoms with Crippen molar-refractivity contribution in [3.05, 3.63) is 64.9 Å². The fourth-order valence-electron chi connectivity index (χ4n) is 2.15. The number of benzene rings is 1. The fraction of sp³-hybridized carbons (Fsp3) is 0.278. The van der Waals surface area contributed by atoms with Crippen molar-refractivity contribution < 1.29 is 9.59 Å². The van der Waals surface area contributed by atoms with Crippen LogP contribution in [-0.2, 0) is 21.5 Å². The molecule has 0 aliphatic rings. The van der Waals surface area contributed by atoms with E-state index in [1.54, 1.807) is 44.4 Å². The van der Waals surface area contributed by atoms with Crippen LogP contribution in [0, 0.1) is 0 Å². The van der Waals surface area contributed by atoms with Gasteiger partial charge in [0.05, 0.1) is 12.0 Å². The summed E-state index contributed by atoms with van der Waals surface area (Å²) in [6, 6.07) is 10.8. The molecule has 0 fully saturated rings. The monoisotopic (exact) mass is 345 g/mol. The zero-order chi connectivity index (χ0) is 17.6. The lowest BCUT2D eigenvalue weighted by Crippen LogP contribution is -2.44. The summed E-state index contributed by atoms with van der Waals surface area (Å²) < 4.78 is 0. The van der Waals surface area contributed by atoms with Crippen LogP contribution in [0.5, 0.6) is 0 Å². The highest BCUT2D eigenvalue weighted by molar-refractivity contribution is 6.30. The third-order valence-electron chi connectivity index (χ3n) is 3.76. The Kier molecular flexibility index (Phi) is 5.93. The number of hydrogen-bond acceptors (Lipinski definition) is 3. The predicted octanol–water partition coefficient (Wildman–Crippen LogP) is 2.45. The Morgan fingerprint density at radius 1 is 1.12 bits per heavy atom. The van der Waals surface area contributed by atoms with Crippen molar-refractivity contribution in [2.75, 3.05) is 6.54 Å². The molecule has 0 aliphatic heterocycles. The molecule has 0 spiro atoms. The van der Waals surface area contributed by atoms with E-state index in [0.717, 1.165) is 11.1 Å². The van der Waals surface area contributed by atoms with Gasteiger partial charge in [0.2, 0.25) is 11.8 Å². The number of hydrogen-bond donors (Lipinski definition) is 2. The van der Waals surface area contributed by atoms with E-state index < -0.39 is 5.41 Å². The molecule has 0 aliphatic carbocycles. The van der Waals surface area contributed by atoms with E-state index in [9.17, 15) is 9.59 Å². The molecule has 0 unspecified atom stereocenters. The zero-order valence-electron chi connectivity index (χ0n) is 13.7. The molecule has 24 heavy (non-hydrogen) atoms. The van der Waals surface area contributed by atoms with E-state index in [1.165, 1.54) is 0 Å². The summed E-state index contributed by atoms with van der Waals surface area (Å²) in [5, 5.41) is 6.00. The van der Waals surface area contributed by atoms with E-state index >= 15 is 0 Å². The maximum Gasteiger partial charge on any atom is 0.239 e. The van der Waals surface area contributed by atoms with E-state index in [1.807, 2.05) is 18.2 Å². The Morgan fingerprint density at radius 2 is 1.83 bits per heavy atom.